The molecule has 0 spiro atoms. The van der Waals surface area contributed by atoms with Gasteiger partial charge >= 0.3 is 0 Å². The number of nitrogens with zero attached hydrogens (tertiary/aromatic N) is 2. The van der Waals surface area contributed by atoms with E-state index >= 15 is 0 Å². The van der Waals surface area contributed by atoms with Crippen LogP contribution in [-0.2, 0) is 4.79 Å². The molecule has 0 radical (unpaired) electrons. The second-order valence-corrected chi connectivity index (χ2v) is 7.94. The molecule has 0 saturated carbocycles. The van der Waals surface area contributed by atoms with Crippen molar-refractivity contribution in [1.29, 1.82) is 0 Å². The van der Waals surface area contributed by atoms with Crippen LogP contribution in [0.2, 0.25) is 0 Å². The Morgan fingerprint density at radius 2 is 2.04 bits per heavy atom. The highest BCUT2D eigenvalue weighted by Crippen LogP contribution is 2.29. The van der Waals surface area contributed by atoms with Gasteiger partial charge in [-0.05, 0) is 43.0 Å². The quantitative estimate of drug-likeness (QED) is 0.771. The lowest BCUT2D eigenvalue weighted by molar-refractivity contribution is -0.129. The standard InChI is InChI=1S/C17H19FN2OS2/c1-12-6-8-20(9-7-12)16(21)11-23-17-19-15(10-22-17)13-2-4-14(18)5-3-13/h2-5,10,12H,6-9,11H2,1H3. The number of likely N-dealkylation sites (tertiary alicyclic amines) is 1. The first-order valence-electron chi connectivity index (χ1n) is 7.74. The van der Waals surface area contributed by atoms with E-state index in [1.165, 1.54) is 35.2 Å². The van der Waals surface area contributed by atoms with E-state index in [-0.39, 0.29) is 11.7 Å². The van der Waals surface area contributed by atoms with Crippen molar-refractivity contribution in [3.05, 3.63) is 35.5 Å². The van der Waals surface area contributed by atoms with Crippen molar-refractivity contribution in [3.8, 4) is 11.3 Å². The molecule has 0 N–H and O–H groups in total. The zero-order valence-corrected chi connectivity index (χ0v) is 14.6. The minimum atomic E-state index is -0.250. The molecule has 1 saturated heterocycles. The summed E-state index contributed by atoms with van der Waals surface area (Å²) in [5, 5.41) is 1.95. The van der Waals surface area contributed by atoms with Gasteiger partial charge in [0.25, 0.3) is 0 Å². The monoisotopic (exact) mass is 350 g/mol. The Morgan fingerprint density at radius 3 is 2.74 bits per heavy atom. The average molecular weight is 350 g/mol. The molecule has 0 unspecified atom stereocenters. The number of aromatic nitrogens is 1. The van der Waals surface area contributed by atoms with Crippen molar-refractivity contribution in [2.75, 3.05) is 18.8 Å². The van der Waals surface area contributed by atoms with Crippen LogP contribution < -0.4 is 0 Å². The fraction of sp³-hybridized carbons (Fsp3) is 0.412. The van der Waals surface area contributed by atoms with Crippen LogP contribution in [0.15, 0.2) is 34.0 Å². The molecule has 1 aliphatic heterocycles. The molecule has 3 rings (SSSR count). The third-order valence-corrected chi connectivity index (χ3v) is 6.08. The maximum Gasteiger partial charge on any atom is 0.233 e. The van der Waals surface area contributed by atoms with Crippen LogP contribution in [-0.4, -0.2) is 34.6 Å². The van der Waals surface area contributed by atoms with Crippen molar-refractivity contribution in [2.45, 2.75) is 24.1 Å². The van der Waals surface area contributed by atoms with E-state index < -0.39 is 0 Å². The third-order valence-electron chi connectivity index (χ3n) is 4.08. The van der Waals surface area contributed by atoms with Gasteiger partial charge in [0, 0.05) is 24.0 Å². The summed E-state index contributed by atoms with van der Waals surface area (Å²) < 4.78 is 13.8. The molecule has 2 aromatic rings. The number of carbonyl (C=O) groups is 1. The van der Waals surface area contributed by atoms with Crippen LogP contribution in [0.5, 0.6) is 0 Å². The van der Waals surface area contributed by atoms with E-state index in [2.05, 4.69) is 11.9 Å². The van der Waals surface area contributed by atoms with Crippen molar-refractivity contribution >= 4 is 29.0 Å². The van der Waals surface area contributed by atoms with Crippen LogP contribution in [0, 0.1) is 11.7 Å². The highest BCUT2D eigenvalue weighted by Gasteiger charge is 2.20. The lowest BCUT2D eigenvalue weighted by Crippen LogP contribution is -2.38. The van der Waals surface area contributed by atoms with Gasteiger partial charge < -0.3 is 4.90 Å². The van der Waals surface area contributed by atoms with E-state index in [9.17, 15) is 9.18 Å². The molecule has 1 aromatic carbocycles. The van der Waals surface area contributed by atoms with Gasteiger partial charge in [0.1, 0.15) is 5.82 Å². The molecular weight excluding hydrogens is 331 g/mol. The molecule has 3 nitrogen and oxygen atoms in total. The molecule has 1 fully saturated rings. The largest absolute Gasteiger partial charge is 0.342 e. The molecule has 6 heteroatoms. The summed E-state index contributed by atoms with van der Waals surface area (Å²) in [5.41, 5.74) is 1.72. The van der Waals surface area contributed by atoms with Gasteiger partial charge in [-0.2, -0.15) is 0 Å². The van der Waals surface area contributed by atoms with Crippen molar-refractivity contribution in [2.24, 2.45) is 5.92 Å². The summed E-state index contributed by atoms with van der Waals surface area (Å²) in [6.07, 6.45) is 2.20. The summed E-state index contributed by atoms with van der Waals surface area (Å²) in [5.74, 6) is 1.11. The summed E-state index contributed by atoms with van der Waals surface area (Å²) in [7, 11) is 0. The van der Waals surface area contributed by atoms with Crippen LogP contribution in [0.25, 0.3) is 11.3 Å². The minimum Gasteiger partial charge on any atom is -0.342 e. The number of thioether (sulfide) groups is 1. The van der Waals surface area contributed by atoms with Gasteiger partial charge in [-0.1, -0.05) is 18.7 Å². The number of benzene rings is 1. The van der Waals surface area contributed by atoms with Gasteiger partial charge in [0.15, 0.2) is 4.34 Å². The molecule has 0 atom stereocenters. The van der Waals surface area contributed by atoms with Gasteiger partial charge in [0.2, 0.25) is 5.91 Å². The molecule has 0 bridgehead atoms. The number of piperidine rings is 1. The molecule has 122 valence electrons. The number of amides is 1. The maximum atomic E-state index is 13.0. The van der Waals surface area contributed by atoms with Crippen molar-refractivity contribution in [1.82, 2.24) is 9.88 Å². The molecule has 2 heterocycles. The summed E-state index contributed by atoms with van der Waals surface area (Å²) in [6.45, 7) is 3.99. The number of carbonyl (C=O) groups excluding carboxylic acids is 1. The zero-order chi connectivity index (χ0) is 16.2. The highest BCUT2D eigenvalue weighted by atomic mass is 32.2. The first-order chi connectivity index (χ1) is 11.1. The first kappa shape index (κ1) is 16.5. The van der Waals surface area contributed by atoms with Crippen LogP contribution in [0.3, 0.4) is 0 Å². The average Bonchev–Trinajstić information content (AvgIpc) is 3.03. The second-order valence-electron chi connectivity index (χ2n) is 5.86. The van der Waals surface area contributed by atoms with Gasteiger partial charge in [-0.25, -0.2) is 9.37 Å². The van der Waals surface area contributed by atoms with E-state index in [1.807, 2.05) is 10.3 Å². The Labute approximate surface area is 143 Å². The number of hydrogen-bond donors (Lipinski definition) is 0. The van der Waals surface area contributed by atoms with Gasteiger partial charge in [0.05, 0.1) is 11.4 Å². The summed E-state index contributed by atoms with van der Waals surface area (Å²) >= 11 is 3.01. The number of halogens is 1. The van der Waals surface area contributed by atoms with Gasteiger partial charge in [-0.15, -0.1) is 11.3 Å². The number of thiazole rings is 1. The van der Waals surface area contributed by atoms with Crippen molar-refractivity contribution < 1.29 is 9.18 Å². The fourth-order valence-electron chi connectivity index (χ4n) is 2.55. The SMILES string of the molecule is CC1CCN(C(=O)CSc2nc(-c3ccc(F)cc3)cs2)CC1. The third kappa shape index (κ3) is 4.32. The minimum absolute atomic E-state index is 0.195. The van der Waals surface area contributed by atoms with E-state index in [4.69, 9.17) is 0 Å². The van der Waals surface area contributed by atoms with E-state index in [0.29, 0.717) is 5.75 Å². The zero-order valence-electron chi connectivity index (χ0n) is 13.0. The highest BCUT2D eigenvalue weighted by molar-refractivity contribution is 8.01. The normalized spacial score (nSPS) is 15.8. The second kappa shape index (κ2) is 7.45. The number of rotatable bonds is 4. The Morgan fingerprint density at radius 1 is 1.35 bits per heavy atom. The Hall–Kier alpha value is -1.40. The summed E-state index contributed by atoms with van der Waals surface area (Å²) in [4.78, 5) is 18.7. The predicted octanol–water partition coefficient (Wildman–Crippen LogP) is 4.30. The fourth-order valence-corrected chi connectivity index (χ4v) is 4.29. The maximum absolute atomic E-state index is 13.0. The summed E-state index contributed by atoms with van der Waals surface area (Å²) in [6, 6.07) is 6.31. The first-order valence-corrected chi connectivity index (χ1v) is 9.60. The smallest absolute Gasteiger partial charge is 0.233 e. The van der Waals surface area contributed by atoms with Crippen molar-refractivity contribution in [3.63, 3.8) is 0 Å². The molecular formula is C17H19FN2OS2. The topological polar surface area (TPSA) is 33.2 Å². The molecule has 1 amide bonds. The predicted molar refractivity (Wildman–Crippen MR) is 93.2 cm³/mol. The Kier molecular flexibility index (Phi) is 5.33. The van der Waals surface area contributed by atoms with Crippen LogP contribution in [0.4, 0.5) is 4.39 Å². The molecule has 1 aromatic heterocycles. The lowest BCUT2D eigenvalue weighted by Gasteiger charge is -2.30. The van der Waals surface area contributed by atoms with E-state index in [0.717, 1.165) is 47.4 Å². The molecule has 23 heavy (non-hydrogen) atoms. The molecule has 0 aliphatic carbocycles. The lowest BCUT2D eigenvalue weighted by atomic mass is 9.99. The van der Waals surface area contributed by atoms with Crippen LogP contribution in [0.1, 0.15) is 19.8 Å². The Balaban J connectivity index is 1.55. The Bertz CT molecular complexity index is 663. The van der Waals surface area contributed by atoms with E-state index in [1.54, 1.807) is 12.1 Å². The van der Waals surface area contributed by atoms with Crippen LogP contribution >= 0.6 is 23.1 Å². The van der Waals surface area contributed by atoms with Gasteiger partial charge in [-0.3, -0.25) is 4.79 Å². The molecule has 1 aliphatic rings. The number of hydrogen-bond acceptors (Lipinski definition) is 4.